The van der Waals surface area contributed by atoms with Crippen molar-refractivity contribution in [3.63, 3.8) is 0 Å². The summed E-state index contributed by atoms with van der Waals surface area (Å²) in [5.74, 6) is 1.50. The number of benzene rings is 1. The van der Waals surface area contributed by atoms with Crippen LogP contribution in [0.4, 0.5) is 5.82 Å². The number of ether oxygens (including phenoxy) is 1. The minimum Gasteiger partial charge on any atom is -0.379 e. The van der Waals surface area contributed by atoms with Crippen LogP contribution in [0.2, 0.25) is 0 Å². The number of para-hydroxylation sites is 2. The van der Waals surface area contributed by atoms with Gasteiger partial charge in [-0.1, -0.05) is 12.1 Å². The van der Waals surface area contributed by atoms with Gasteiger partial charge in [-0.15, -0.1) is 0 Å². The predicted molar refractivity (Wildman–Crippen MR) is 119 cm³/mol. The lowest BCUT2D eigenvalue weighted by atomic mass is 10.0. The summed E-state index contributed by atoms with van der Waals surface area (Å²) in [5, 5.41) is 2.96. The van der Waals surface area contributed by atoms with E-state index < -0.39 is 0 Å². The molecular weight excluding hydrogens is 392 g/mol. The van der Waals surface area contributed by atoms with Crippen LogP contribution < -0.4 is 10.2 Å². The molecule has 0 aliphatic carbocycles. The lowest BCUT2D eigenvalue weighted by Gasteiger charge is -2.40. The molecule has 0 unspecified atom stereocenters. The number of nitrogens with one attached hydrogen (secondary N) is 2. The monoisotopic (exact) mass is 420 g/mol. The van der Waals surface area contributed by atoms with E-state index in [2.05, 4.69) is 30.1 Å². The average Bonchev–Trinajstić information content (AvgIpc) is 3.26. The van der Waals surface area contributed by atoms with Gasteiger partial charge in [0.1, 0.15) is 11.6 Å². The number of nitrogens with zero attached hydrogens (tertiary/aromatic N) is 4. The molecular formula is C23H28N6O2. The Balaban J connectivity index is 1.18. The van der Waals surface area contributed by atoms with E-state index in [1.54, 1.807) is 12.3 Å². The zero-order chi connectivity index (χ0) is 21.0. The molecule has 2 aliphatic rings. The Labute approximate surface area is 181 Å². The number of hydrogen-bond acceptors (Lipinski definition) is 6. The van der Waals surface area contributed by atoms with Crippen LogP contribution in [0, 0.1) is 0 Å². The number of anilines is 1. The molecule has 3 aromatic rings. The molecule has 162 valence electrons. The van der Waals surface area contributed by atoms with Crippen LogP contribution in [0.15, 0.2) is 42.6 Å². The Morgan fingerprint density at radius 3 is 2.74 bits per heavy atom. The number of piperidine rings is 1. The molecule has 2 N–H and O–H groups in total. The van der Waals surface area contributed by atoms with E-state index in [1.165, 1.54) is 0 Å². The second kappa shape index (κ2) is 9.03. The Morgan fingerprint density at radius 2 is 1.94 bits per heavy atom. The zero-order valence-corrected chi connectivity index (χ0v) is 17.6. The normalized spacial score (nSPS) is 18.4. The fraction of sp³-hybridized carbons (Fsp3) is 0.435. The Morgan fingerprint density at radius 1 is 1.13 bits per heavy atom. The lowest BCUT2D eigenvalue weighted by Crippen LogP contribution is -2.49. The van der Waals surface area contributed by atoms with Gasteiger partial charge in [0.15, 0.2) is 0 Å². The van der Waals surface area contributed by atoms with Gasteiger partial charge in [-0.3, -0.25) is 9.69 Å². The van der Waals surface area contributed by atoms with E-state index in [9.17, 15) is 4.79 Å². The quantitative estimate of drug-likeness (QED) is 0.658. The second-order valence-electron chi connectivity index (χ2n) is 8.15. The van der Waals surface area contributed by atoms with Crippen LogP contribution in [0.5, 0.6) is 0 Å². The number of imidazole rings is 1. The van der Waals surface area contributed by atoms with E-state index >= 15 is 0 Å². The first kappa shape index (κ1) is 20.0. The zero-order valence-electron chi connectivity index (χ0n) is 17.6. The average molecular weight is 421 g/mol. The van der Waals surface area contributed by atoms with Gasteiger partial charge < -0.3 is 19.9 Å². The fourth-order valence-corrected chi connectivity index (χ4v) is 4.49. The molecule has 5 rings (SSSR count). The molecule has 0 radical (unpaired) electrons. The number of aromatic amines is 1. The maximum Gasteiger partial charge on any atom is 0.251 e. The van der Waals surface area contributed by atoms with Crippen LogP contribution >= 0.6 is 0 Å². The molecule has 0 atom stereocenters. The molecule has 2 fully saturated rings. The van der Waals surface area contributed by atoms with Crippen molar-refractivity contribution in [1.29, 1.82) is 0 Å². The van der Waals surface area contributed by atoms with Crippen LogP contribution in [0.25, 0.3) is 11.0 Å². The summed E-state index contributed by atoms with van der Waals surface area (Å²) in [6, 6.07) is 12.1. The van der Waals surface area contributed by atoms with Crippen molar-refractivity contribution in [2.45, 2.75) is 25.4 Å². The van der Waals surface area contributed by atoms with Gasteiger partial charge in [-0.05, 0) is 37.1 Å². The number of H-pyrrole nitrogens is 1. The Hall–Kier alpha value is -2.97. The van der Waals surface area contributed by atoms with E-state index in [0.717, 1.165) is 74.9 Å². The third-order valence-corrected chi connectivity index (χ3v) is 6.21. The molecule has 0 spiro atoms. The van der Waals surface area contributed by atoms with Crippen LogP contribution in [0.3, 0.4) is 0 Å². The molecule has 0 saturated carbocycles. The molecule has 1 amide bonds. The maximum absolute atomic E-state index is 12.7. The molecule has 31 heavy (non-hydrogen) atoms. The fourth-order valence-electron chi connectivity index (χ4n) is 4.49. The summed E-state index contributed by atoms with van der Waals surface area (Å²) in [6.45, 7) is 6.02. The minimum absolute atomic E-state index is 0.118. The van der Waals surface area contributed by atoms with Gasteiger partial charge in [-0.2, -0.15) is 0 Å². The first-order valence-electron chi connectivity index (χ1n) is 11.0. The standard InChI is InChI=1S/C23H28N6O2/c30-23(25-16-21-26-19-3-1-2-4-20(19)27-21)17-5-8-24-22(15-17)29-9-6-18(7-10-29)28-11-13-31-14-12-28/h1-5,8,15,18H,6-7,9-14,16H2,(H,25,30)(H,26,27). The lowest BCUT2D eigenvalue weighted by molar-refractivity contribution is 0.0115. The number of rotatable bonds is 5. The van der Waals surface area contributed by atoms with Gasteiger partial charge >= 0.3 is 0 Å². The van der Waals surface area contributed by atoms with Gasteiger partial charge in [0.05, 0.1) is 30.8 Å². The van der Waals surface area contributed by atoms with Crippen LogP contribution in [-0.2, 0) is 11.3 Å². The van der Waals surface area contributed by atoms with E-state index in [-0.39, 0.29) is 5.91 Å². The summed E-state index contributed by atoms with van der Waals surface area (Å²) in [5.41, 5.74) is 2.49. The molecule has 0 bridgehead atoms. The van der Waals surface area contributed by atoms with Crippen LogP contribution in [-0.4, -0.2) is 71.2 Å². The maximum atomic E-state index is 12.7. The highest BCUT2D eigenvalue weighted by molar-refractivity contribution is 5.94. The highest BCUT2D eigenvalue weighted by Crippen LogP contribution is 2.22. The molecule has 4 heterocycles. The van der Waals surface area contributed by atoms with E-state index in [4.69, 9.17) is 4.74 Å². The summed E-state index contributed by atoms with van der Waals surface area (Å²) in [7, 11) is 0. The molecule has 8 nitrogen and oxygen atoms in total. The first-order valence-corrected chi connectivity index (χ1v) is 11.0. The van der Waals surface area contributed by atoms with Crippen molar-refractivity contribution < 1.29 is 9.53 Å². The Bertz CT molecular complexity index is 1000. The molecule has 2 aliphatic heterocycles. The number of amides is 1. The van der Waals surface area contributed by atoms with Crippen molar-refractivity contribution in [2.75, 3.05) is 44.3 Å². The molecule has 1 aromatic carbocycles. The number of pyridine rings is 1. The van der Waals surface area contributed by atoms with Crippen molar-refractivity contribution in [3.05, 3.63) is 54.0 Å². The summed E-state index contributed by atoms with van der Waals surface area (Å²) >= 11 is 0. The smallest absolute Gasteiger partial charge is 0.251 e. The highest BCUT2D eigenvalue weighted by atomic mass is 16.5. The predicted octanol–water partition coefficient (Wildman–Crippen LogP) is 2.19. The van der Waals surface area contributed by atoms with Gasteiger partial charge in [0.25, 0.3) is 5.91 Å². The second-order valence-corrected chi connectivity index (χ2v) is 8.15. The van der Waals surface area contributed by atoms with Crippen molar-refractivity contribution in [1.82, 2.24) is 25.2 Å². The number of fused-ring (bicyclic) bond motifs is 1. The molecule has 2 saturated heterocycles. The van der Waals surface area contributed by atoms with Gasteiger partial charge in [0, 0.05) is 44.0 Å². The van der Waals surface area contributed by atoms with Gasteiger partial charge in [-0.25, -0.2) is 9.97 Å². The van der Waals surface area contributed by atoms with Crippen LogP contribution in [0.1, 0.15) is 29.0 Å². The number of hydrogen-bond donors (Lipinski definition) is 2. The number of morpholine rings is 1. The third-order valence-electron chi connectivity index (χ3n) is 6.21. The third kappa shape index (κ3) is 4.55. The summed E-state index contributed by atoms with van der Waals surface area (Å²) in [4.78, 5) is 29.8. The number of carbonyl (C=O) groups excluding carboxylic acids is 1. The largest absolute Gasteiger partial charge is 0.379 e. The molecule has 8 heteroatoms. The molecule has 2 aromatic heterocycles. The minimum atomic E-state index is -0.118. The number of aromatic nitrogens is 3. The highest BCUT2D eigenvalue weighted by Gasteiger charge is 2.26. The van der Waals surface area contributed by atoms with E-state index in [1.807, 2.05) is 30.3 Å². The van der Waals surface area contributed by atoms with Gasteiger partial charge in [0.2, 0.25) is 0 Å². The SMILES string of the molecule is O=C(NCc1nc2ccccc2[nH]1)c1ccnc(N2CCC(N3CCOCC3)CC2)c1. The summed E-state index contributed by atoms with van der Waals surface area (Å²) < 4.78 is 5.47. The summed E-state index contributed by atoms with van der Waals surface area (Å²) in [6.07, 6.45) is 3.95. The van der Waals surface area contributed by atoms with E-state index in [0.29, 0.717) is 18.2 Å². The Kier molecular flexibility index (Phi) is 5.82. The number of carbonyl (C=O) groups is 1. The first-order chi connectivity index (χ1) is 15.3. The van der Waals surface area contributed by atoms with Crippen molar-refractivity contribution in [3.8, 4) is 0 Å². The topological polar surface area (TPSA) is 86.4 Å². The van der Waals surface area contributed by atoms with Crippen molar-refractivity contribution >= 4 is 22.8 Å². The van der Waals surface area contributed by atoms with Crippen molar-refractivity contribution in [2.24, 2.45) is 0 Å².